The summed E-state index contributed by atoms with van der Waals surface area (Å²) in [6.45, 7) is 5.83. The van der Waals surface area contributed by atoms with Gasteiger partial charge < -0.3 is 20.2 Å². The quantitative estimate of drug-likeness (QED) is 0.263. The summed E-state index contributed by atoms with van der Waals surface area (Å²) in [6.07, 6.45) is 0.317. The Balaban J connectivity index is 1.92. The Kier molecular flexibility index (Phi) is 9.33. The van der Waals surface area contributed by atoms with Gasteiger partial charge in [-0.3, -0.25) is 4.79 Å². The number of hydrogen-bond acceptors (Lipinski definition) is 7. The van der Waals surface area contributed by atoms with E-state index >= 15 is 8.78 Å². The first-order valence-electron chi connectivity index (χ1n) is 13.2. The smallest absolute Gasteiger partial charge is 0.356 e. The minimum absolute atomic E-state index is 0.00244. The first kappa shape index (κ1) is 32.2. The van der Waals surface area contributed by atoms with Gasteiger partial charge in [0.2, 0.25) is 5.91 Å². The van der Waals surface area contributed by atoms with Crippen LogP contribution in [0.25, 0.3) is 0 Å². The van der Waals surface area contributed by atoms with Crippen LogP contribution in [0.15, 0.2) is 54.6 Å². The molecule has 0 spiro atoms. The van der Waals surface area contributed by atoms with E-state index in [-0.39, 0.29) is 38.2 Å². The van der Waals surface area contributed by atoms with Crippen LogP contribution in [0, 0.1) is 28.4 Å². The van der Waals surface area contributed by atoms with Crippen LogP contribution in [0.4, 0.5) is 14.5 Å². The van der Waals surface area contributed by atoms with E-state index in [0.29, 0.717) is 6.42 Å². The molecule has 8 nitrogen and oxygen atoms in total. The number of ether oxygens (including phenoxy) is 1. The van der Waals surface area contributed by atoms with E-state index in [1.165, 1.54) is 49.6 Å². The predicted molar refractivity (Wildman–Crippen MR) is 159 cm³/mol. The number of rotatable bonds is 7. The summed E-state index contributed by atoms with van der Waals surface area (Å²) >= 11 is 12.1. The van der Waals surface area contributed by atoms with Gasteiger partial charge in [-0.05, 0) is 59.9 Å². The molecule has 4 atom stereocenters. The lowest BCUT2D eigenvalue weighted by molar-refractivity contribution is -0.118. The summed E-state index contributed by atoms with van der Waals surface area (Å²) in [6, 6.07) is 12.2. The number of benzene rings is 3. The number of nitrogens with two attached hydrogens (primary N) is 1. The topological polar surface area (TPSA) is 126 Å². The molecule has 1 saturated heterocycles. The molecule has 1 aliphatic heterocycles. The van der Waals surface area contributed by atoms with Gasteiger partial charge in [0.15, 0.2) is 0 Å². The number of nitrogens with zero attached hydrogens (tertiary/aromatic N) is 1. The van der Waals surface area contributed by atoms with Crippen LogP contribution in [-0.4, -0.2) is 31.1 Å². The maximum Gasteiger partial charge on any atom is 0.356 e. The lowest BCUT2D eigenvalue weighted by Crippen LogP contribution is -2.44. The second-order valence-corrected chi connectivity index (χ2v) is 12.4. The van der Waals surface area contributed by atoms with Crippen molar-refractivity contribution in [3.05, 3.63) is 93.0 Å². The summed E-state index contributed by atoms with van der Waals surface area (Å²) < 4.78 is 36.8. The Hall–Kier alpha value is -3.75. The molecule has 3 aromatic rings. The summed E-state index contributed by atoms with van der Waals surface area (Å²) in [4.78, 5) is 30.3. The molecule has 0 radical (unpaired) electrons. The minimum atomic E-state index is -1.77. The average Bonchev–Trinajstić information content (AvgIpc) is 3.25. The number of methoxy groups -OCH3 is 1. The van der Waals surface area contributed by atoms with Crippen molar-refractivity contribution in [2.24, 2.45) is 11.3 Å². The Morgan fingerprint density at radius 3 is 2.28 bits per heavy atom. The summed E-state index contributed by atoms with van der Waals surface area (Å²) in [5.74, 6) is 0.875. The van der Waals surface area contributed by atoms with Crippen LogP contribution in [0.2, 0.25) is 10.0 Å². The van der Waals surface area contributed by atoms with Crippen LogP contribution < -0.4 is 21.3 Å². The van der Waals surface area contributed by atoms with E-state index < -0.39 is 52.3 Å². The molecule has 0 aliphatic carbocycles. The number of nitrogens with one attached hydrogen (secondary N) is 2. The van der Waals surface area contributed by atoms with Crippen LogP contribution in [0.5, 0.6) is 5.75 Å². The Morgan fingerprint density at radius 1 is 1.07 bits per heavy atom. The van der Waals surface area contributed by atoms with E-state index in [4.69, 9.17) is 33.8 Å². The normalized spacial score (nSPS) is 21.6. The Labute approximate surface area is 258 Å². The van der Waals surface area contributed by atoms with Gasteiger partial charge in [0, 0.05) is 27.6 Å². The zero-order valence-corrected chi connectivity index (χ0v) is 25.3. The monoisotopic (exact) mass is 630 g/mol. The number of halogens is 4. The van der Waals surface area contributed by atoms with Crippen molar-refractivity contribution in [1.29, 1.82) is 5.26 Å². The standard InChI is InChI=1S/C31H30Cl2F2N4O4/c1-30(2,3)14-25-31(15-36,20-9-7-18(33)13-22(20)35)26(19-8-6-17(32)12-21(19)34)27(39-25)28(40)38-23-10-5-16(29(41)43-37)11-24(23)42-4/h5-13,25-27,39H,14,37H2,1-4H3,(H,38,40)/t25-,26-,27+,31-/m0/s1. The number of nitriles is 1. The van der Waals surface area contributed by atoms with Crippen molar-refractivity contribution in [2.45, 2.75) is 50.6 Å². The van der Waals surface area contributed by atoms with Gasteiger partial charge in [0.25, 0.3) is 0 Å². The van der Waals surface area contributed by atoms with E-state index in [1.54, 1.807) is 0 Å². The molecule has 1 aliphatic rings. The highest BCUT2D eigenvalue weighted by Gasteiger charge is 2.61. The molecule has 226 valence electrons. The zero-order chi connectivity index (χ0) is 31.7. The van der Waals surface area contributed by atoms with Crippen LogP contribution >= 0.6 is 23.2 Å². The third-order valence-corrected chi connectivity index (χ3v) is 7.98. The van der Waals surface area contributed by atoms with Crippen LogP contribution in [-0.2, 0) is 15.0 Å². The molecule has 4 N–H and O–H groups in total. The van der Waals surface area contributed by atoms with Crippen LogP contribution in [0.3, 0.4) is 0 Å². The van der Waals surface area contributed by atoms with Gasteiger partial charge in [-0.25, -0.2) is 13.6 Å². The van der Waals surface area contributed by atoms with E-state index in [9.17, 15) is 14.9 Å². The molecule has 43 heavy (non-hydrogen) atoms. The Bertz CT molecular complexity index is 1610. The molecule has 3 aromatic carbocycles. The fraction of sp³-hybridized carbons (Fsp3) is 0.323. The highest BCUT2D eigenvalue weighted by molar-refractivity contribution is 6.30. The highest BCUT2D eigenvalue weighted by atomic mass is 35.5. The van der Waals surface area contributed by atoms with Crippen molar-refractivity contribution < 1.29 is 27.9 Å². The maximum absolute atomic E-state index is 15.8. The molecule has 1 fully saturated rings. The molecule has 0 unspecified atom stereocenters. The summed E-state index contributed by atoms with van der Waals surface area (Å²) in [7, 11) is 1.34. The van der Waals surface area contributed by atoms with E-state index in [0.717, 1.165) is 12.1 Å². The molecule has 1 amide bonds. The van der Waals surface area contributed by atoms with Crippen molar-refractivity contribution in [2.75, 3.05) is 12.4 Å². The van der Waals surface area contributed by atoms with Gasteiger partial charge in [-0.15, -0.1) is 0 Å². The van der Waals surface area contributed by atoms with Crippen LogP contribution in [0.1, 0.15) is 54.6 Å². The maximum atomic E-state index is 15.8. The fourth-order valence-electron chi connectivity index (χ4n) is 5.75. The molecule has 0 saturated carbocycles. The summed E-state index contributed by atoms with van der Waals surface area (Å²) in [5, 5.41) is 17.2. The second kappa shape index (κ2) is 12.5. The number of carbonyl (C=O) groups is 2. The van der Waals surface area contributed by atoms with Crippen molar-refractivity contribution in [3.63, 3.8) is 0 Å². The number of amides is 1. The molecule has 4 rings (SSSR count). The molecule has 12 heteroatoms. The van der Waals surface area contributed by atoms with E-state index in [2.05, 4.69) is 21.5 Å². The number of hydrogen-bond donors (Lipinski definition) is 3. The third kappa shape index (κ3) is 6.31. The molecule has 0 bridgehead atoms. The minimum Gasteiger partial charge on any atom is -0.495 e. The molecule has 0 aromatic heterocycles. The lowest BCUT2D eigenvalue weighted by Gasteiger charge is -2.37. The highest BCUT2D eigenvalue weighted by Crippen LogP contribution is 2.52. The van der Waals surface area contributed by atoms with Gasteiger partial charge >= 0.3 is 5.97 Å². The molecule has 1 heterocycles. The zero-order valence-electron chi connectivity index (χ0n) is 23.8. The average molecular weight is 632 g/mol. The Morgan fingerprint density at radius 2 is 1.72 bits per heavy atom. The van der Waals surface area contributed by atoms with Gasteiger partial charge in [0.1, 0.15) is 22.8 Å². The SMILES string of the molecule is COc1cc(C(=O)ON)ccc1NC(=O)[C@@H]1N[C@@H](CC(C)(C)C)[C@](C#N)(c2ccc(Cl)cc2F)[C@H]1c1ccc(Cl)cc1F. The molecular formula is C31H30Cl2F2N4O4. The van der Waals surface area contributed by atoms with Crippen molar-refractivity contribution in [1.82, 2.24) is 5.32 Å². The lowest BCUT2D eigenvalue weighted by atomic mass is 9.62. The van der Waals surface area contributed by atoms with E-state index in [1.807, 2.05) is 20.8 Å². The first-order valence-corrected chi connectivity index (χ1v) is 14.0. The number of carbonyl (C=O) groups excluding carboxylic acids is 2. The summed E-state index contributed by atoms with van der Waals surface area (Å²) in [5.41, 5.74) is -1.94. The van der Waals surface area contributed by atoms with Gasteiger partial charge in [-0.1, -0.05) is 56.1 Å². The van der Waals surface area contributed by atoms with Crippen molar-refractivity contribution in [3.8, 4) is 11.8 Å². The number of anilines is 1. The van der Waals surface area contributed by atoms with Gasteiger partial charge in [-0.2, -0.15) is 11.2 Å². The second-order valence-electron chi connectivity index (χ2n) is 11.5. The fourth-order valence-corrected chi connectivity index (χ4v) is 6.07. The van der Waals surface area contributed by atoms with Crippen molar-refractivity contribution >= 4 is 40.8 Å². The van der Waals surface area contributed by atoms with Gasteiger partial charge in [0.05, 0.1) is 30.5 Å². The first-order chi connectivity index (χ1) is 20.2. The third-order valence-electron chi connectivity index (χ3n) is 7.51. The predicted octanol–water partition coefficient (Wildman–Crippen LogP) is 6.27. The largest absolute Gasteiger partial charge is 0.495 e. The molecular weight excluding hydrogens is 601 g/mol.